The van der Waals surface area contributed by atoms with Gasteiger partial charge in [-0.25, -0.2) is 0 Å². The summed E-state index contributed by atoms with van der Waals surface area (Å²) in [6.45, 7) is 1.81. The van der Waals surface area contributed by atoms with Gasteiger partial charge in [0.2, 0.25) is 0 Å². The largest absolute Gasteiger partial charge is 0.416 e. The Morgan fingerprint density at radius 2 is 1.97 bits per heavy atom. The predicted octanol–water partition coefficient (Wildman–Crippen LogP) is 5.54. The summed E-state index contributed by atoms with van der Waals surface area (Å²) < 4.78 is 39.2. The van der Waals surface area contributed by atoms with E-state index in [4.69, 9.17) is 0 Å². The van der Waals surface area contributed by atoms with Gasteiger partial charge in [0.05, 0.1) is 21.7 Å². The first kappa shape index (κ1) is 23.9. The van der Waals surface area contributed by atoms with E-state index in [2.05, 4.69) is 20.8 Å². The number of aryl methyl sites for hydroxylation is 1. The molecule has 1 atom stereocenters. The minimum atomic E-state index is -4.34. The topological polar surface area (TPSA) is 69.8 Å². The van der Waals surface area contributed by atoms with Crippen LogP contribution in [0.5, 0.6) is 0 Å². The Hall–Kier alpha value is -2.78. The summed E-state index contributed by atoms with van der Waals surface area (Å²) in [4.78, 5) is 14.9. The van der Waals surface area contributed by atoms with Gasteiger partial charge >= 0.3 is 6.18 Å². The highest BCUT2D eigenvalue weighted by molar-refractivity contribution is 8.04. The molecule has 1 fully saturated rings. The van der Waals surface area contributed by atoms with Gasteiger partial charge in [-0.15, -0.1) is 0 Å². The molecular weight excluding hydrogens is 473 g/mol. The number of thioether (sulfide) groups is 1. The highest BCUT2D eigenvalue weighted by Gasteiger charge is 2.31. The number of aromatic amines is 1. The number of hydrogen-bond acceptors (Lipinski definition) is 4. The van der Waals surface area contributed by atoms with Crippen molar-refractivity contribution in [3.05, 3.63) is 64.2 Å². The zero-order valence-corrected chi connectivity index (χ0v) is 19.9. The highest BCUT2D eigenvalue weighted by Crippen LogP contribution is 2.40. The molecule has 1 amide bonds. The van der Waals surface area contributed by atoms with Crippen molar-refractivity contribution in [2.75, 3.05) is 13.1 Å². The number of aromatic nitrogens is 2. The number of H-pyrrole nitrogens is 1. The average molecular weight is 501 g/mol. The van der Waals surface area contributed by atoms with Gasteiger partial charge in [0.1, 0.15) is 0 Å². The van der Waals surface area contributed by atoms with E-state index in [0.717, 1.165) is 59.9 Å². The number of carbonyl (C=O) groups is 1. The molecule has 2 aliphatic heterocycles. The number of piperidine rings is 1. The Balaban J connectivity index is 1.27. The van der Waals surface area contributed by atoms with Crippen molar-refractivity contribution >= 4 is 34.6 Å². The second-order valence-electron chi connectivity index (χ2n) is 9.16. The van der Waals surface area contributed by atoms with E-state index in [9.17, 15) is 18.0 Å². The van der Waals surface area contributed by atoms with Crippen molar-refractivity contribution in [3.8, 4) is 0 Å². The molecule has 0 radical (unpaired) electrons. The number of nitrogens with one attached hydrogen (secondary N) is 3. The number of amides is 1. The van der Waals surface area contributed by atoms with Crippen molar-refractivity contribution in [2.45, 2.75) is 49.2 Å². The second-order valence-corrected chi connectivity index (χ2v) is 10.2. The maximum absolute atomic E-state index is 13.3. The van der Waals surface area contributed by atoms with E-state index in [1.54, 1.807) is 6.07 Å². The predicted molar refractivity (Wildman–Crippen MR) is 132 cm³/mol. The zero-order chi connectivity index (χ0) is 24.4. The van der Waals surface area contributed by atoms with E-state index in [1.807, 2.05) is 24.3 Å². The van der Waals surface area contributed by atoms with Crippen molar-refractivity contribution < 1.29 is 18.0 Å². The van der Waals surface area contributed by atoms with Gasteiger partial charge in [0, 0.05) is 16.3 Å². The van der Waals surface area contributed by atoms with E-state index in [1.165, 1.54) is 23.9 Å². The lowest BCUT2D eigenvalue weighted by Gasteiger charge is -2.32. The molecule has 0 bridgehead atoms. The van der Waals surface area contributed by atoms with Crippen LogP contribution in [-0.4, -0.2) is 35.2 Å². The first-order valence-corrected chi connectivity index (χ1v) is 12.7. The number of nitrogens with zero attached hydrogens (tertiary/aromatic N) is 1. The van der Waals surface area contributed by atoms with Crippen LogP contribution in [-0.2, 0) is 17.4 Å². The number of benzene rings is 2. The Morgan fingerprint density at radius 1 is 1.17 bits per heavy atom. The third-order valence-electron chi connectivity index (χ3n) is 6.79. The monoisotopic (exact) mass is 500 g/mol. The van der Waals surface area contributed by atoms with E-state index >= 15 is 0 Å². The first-order valence-electron chi connectivity index (χ1n) is 11.9. The fourth-order valence-electron chi connectivity index (χ4n) is 4.98. The molecular formula is C26H27F3N4OS. The Labute approximate surface area is 205 Å². The standard InChI is InChI=1S/C26H27F3N4OS/c27-26(28,29)18-6-1-4-16(14-18)5-2-7-19(17-10-12-30-13-11-17)31-25(34)23-15-21-24-20(32-33-21)8-3-9-22(24)35-23/h1,3-4,6,8-9,14-15,17,19,30H,2,5,7,10-13H2,(H,31,34)(H,32,33). The SMILES string of the molecule is O=C(NC(CCCc1cccc(C(F)(F)F)c1)C1CCNCC1)C1=Cc2[nH]nc3cccc(c23)S1. The second kappa shape index (κ2) is 10.1. The van der Waals surface area contributed by atoms with Gasteiger partial charge in [-0.1, -0.05) is 36.0 Å². The quantitative estimate of drug-likeness (QED) is 0.399. The number of alkyl halides is 3. The van der Waals surface area contributed by atoms with Gasteiger partial charge < -0.3 is 10.6 Å². The molecule has 5 nitrogen and oxygen atoms in total. The number of carbonyl (C=O) groups excluding carboxylic acids is 1. The smallest absolute Gasteiger partial charge is 0.349 e. The van der Waals surface area contributed by atoms with E-state index in [-0.39, 0.29) is 11.9 Å². The van der Waals surface area contributed by atoms with Gasteiger partial charge in [0.25, 0.3) is 5.91 Å². The lowest BCUT2D eigenvalue weighted by molar-refractivity contribution is -0.137. The molecule has 2 aromatic carbocycles. The molecule has 35 heavy (non-hydrogen) atoms. The molecule has 5 rings (SSSR count). The minimum absolute atomic E-state index is 0.0316. The lowest BCUT2D eigenvalue weighted by Crippen LogP contribution is -2.44. The van der Waals surface area contributed by atoms with E-state index < -0.39 is 11.7 Å². The zero-order valence-electron chi connectivity index (χ0n) is 19.1. The van der Waals surface area contributed by atoms with Gasteiger partial charge in [-0.3, -0.25) is 9.89 Å². The minimum Gasteiger partial charge on any atom is -0.349 e. The van der Waals surface area contributed by atoms with Crippen LogP contribution in [0.15, 0.2) is 52.3 Å². The summed E-state index contributed by atoms with van der Waals surface area (Å²) in [5.41, 5.74) is 1.76. The van der Waals surface area contributed by atoms with Crippen molar-refractivity contribution in [1.29, 1.82) is 0 Å². The summed E-state index contributed by atoms with van der Waals surface area (Å²) in [5.74, 6) is 0.219. The molecule has 0 aliphatic carbocycles. The first-order chi connectivity index (χ1) is 16.9. The van der Waals surface area contributed by atoms with Crippen LogP contribution < -0.4 is 10.6 Å². The Morgan fingerprint density at radius 3 is 2.77 bits per heavy atom. The molecule has 184 valence electrons. The summed E-state index contributed by atoms with van der Waals surface area (Å²) in [6.07, 6.45) is 1.39. The van der Waals surface area contributed by atoms with Crippen molar-refractivity contribution in [2.24, 2.45) is 5.92 Å². The summed E-state index contributed by atoms with van der Waals surface area (Å²) in [6, 6.07) is 11.4. The highest BCUT2D eigenvalue weighted by atomic mass is 32.2. The normalized spacial score (nSPS) is 17.3. The maximum atomic E-state index is 13.3. The summed E-state index contributed by atoms with van der Waals surface area (Å²) in [7, 11) is 0. The van der Waals surface area contributed by atoms with Crippen LogP contribution >= 0.6 is 11.8 Å². The number of rotatable bonds is 7. The fourth-order valence-corrected chi connectivity index (χ4v) is 6.01. The van der Waals surface area contributed by atoms with Crippen LogP contribution in [0, 0.1) is 5.92 Å². The molecule has 2 aliphatic rings. The molecule has 0 spiro atoms. The molecule has 1 saturated heterocycles. The van der Waals surface area contributed by atoms with Crippen LogP contribution in [0.4, 0.5) is 13.2 Å². The molecule has 3 aromatic rings. The molecule has 9 heteroatoms. The van der Waals surface area contributed by atoms with Crippen LogP contribution in [0.3, 0.4) is 0 Å². The summed E-state index contributed by atoms with van der Waals surface area (Å²) >= 11 is 1.45. The number of halogens is 3. The fraction of sp³-hybridized carbons (Fsp3) is 0.385. The summed E-state index contributed by atoms with van der Waals surface area (Å²) in [5, 5.41) is 15.0. The molecule has 3 heterocycles. The Bertz CT molecular complexity index is 1250. The molecule has 0 saturated carbocycles. The third-order valence-corrected chi connectivity index (χ3v) is 7.88. The number of hydrogen-bond donors (Lipinski definition) is 3. The molecule has 1 unspecified atom stereocenters. The average Bonchev–Trinajstić information content (AvgIpc) is 3.28. The lowest BCUT2D eigenvalue weighted by atomic mass is 9.86. The molecule has 1 aromatic heterocycles. The van der Waals surface area contributed by atoms with Gasteiger partial charge in [0.15, 0.2) is 0 Å². The van der Waals surface area contributed by atoms with Crippen LogP contribution in [0.25, 0.3) is 17.0 Å². The van der Waals surface area contributed by atoms with Crippen molar-refractivity contribution in [3.63, 3.8) is 0 Å². The van der Waals surface area contributed by atoms with Gasteiger partial charge in [-0.05, 0) is 81.0 Å². The van der Waals surface area contributed by atoms with Gasteiger partial charge in [-0.2, -0.15) is 18.3 Å². The maximum Gasteiger partial charge on any atom is 0.416 e. The van der Waals surface area contributed by atoms with Crippen LogP contribution in [0.2, 0.25) is 0 Å². The van der Waals surface area contributed by atoms with E-state index in [0.29, 0.717) is 29.2 Å². The Kier molecular flexibility index (Phi) is 6.88. The molecule has 3 N–H and O–H groups in total. The van der Waals surface area contributed by atoms with Crippen molar-refractivity contribution in [1.82, 2.24) is 20.8 Å². The third kappa shape index (κ3) is 5.41. The van der Waals surface area contributed by atoms with Crippen LogP contribution in [0.1, 0.15) is 42.5 Å².